The standard InChI is InChI=1S/C19H26N2O2S2/c1-3-21(4-2)15(17-9-6-12-24-17)14-20-19(23)11-5-8-16(22)18-10-7-13-25-18/h6-7,9-10,12-13,15H,3-5,8,11,14H2,1-2H3,(H,20,23). The predicted octanol–water partition coefficient (Wildman–Crippen LogP) is 4.36. The molecule has 0 aliphatic carbocycles. The Morgan fingerprint density at radius 1 is 1.08 bits per heavy atom. The van der Waals surface area contributed by atoms with Crippen molar-refractivity contribution in [1.29, 1.82) is 0 Å². The van der Waals surface area contributed by atoms with Crippen molar-refractivity contribution in [3.8, 4) is 0 Å². The molecular formula is C19H26N2O2S2. The molecule has 2 rings (SSSR count). The zero-order chi connectivity index (χ0) is 18.1. The first kappa shape index (κ1) is 19.8. The third-order valence-corrected chi connectivity index (χ3v) is 6.11. The van der Waals surface area contributed by atoms with E-state index in [1.54, 1.807) is 11.3 Å². The molecule has 136 valence electrons. The molecule has 0 saturated carbocycles. The van der Waals surface area contributed by atoms with E-state index in [0.717, 1.165) is 18.0 Å². The number of thiophene rings is 2. The highest BCUT2D eigenvalue weighted by atomic mass is 32.1. The SMILES string of the molecule is CCN(CC)C(CNC(=O)CCCC(=O)c1cccs1)c1cccs1. The lowest BCUT2D eigenvalue weighted by Gasteiger charge is -2.29. The van der Waals surface area contributed by atoms with Crippen molar-refractivity contribution in [2.45, 2.75) is 39.2 Å². The molecule has 1 atom stereocenters. The van der Waals surface area contributed by atoms with Crippen molar-refractivity contribution in [2.75, 3.05) is 19.6 Å². The molecule has 0 fully saturated rings. The van der Waals surface area contributed by atoms with Crippen LogP contribution in [0.5, 0.6) is 0 Å². The van der Waals surface area contributed by atoms with Crippen LogP contribution < -0.4 is 5.32 Å². The molecule has 1 unspecified atom stereocenters. The van der Waals surface area contributed by atoms with E-state index in [2.05, 4.69) is 41.6 Å². The predicted molar refractivity (Wildman–Crippen MR) is 105 cm³/mol. The molecule has 1 amide bonds. The first-order valence-electron chi connectivity index (χ1n) is 8.76. The number of likely N-dealkylation sites (N-methyl/N-ethyl adjacent to an activating group) is 1. The highest BCUT2D eigenvalue weighted by Crippen LogP contribution is 2.24. The first-order chi connectivity index (χ1) is 12.2. The third kappa shape index (κ3) is 6.06. The fraction of sp³-hybridized carbons (Fsp3) is 0.474. The van der Waals surface area contributed by atoms with Crippen LogP contribution in [0.15, 0.2) is 35.0 Å². The van der Waals surface area contributed by atoms with Gasteiger partial charge >= 0.3 is 0 Å². The van der Waals surface area contributed by atoms with Crippen molar-refractivity contribution in [2.24, 2.45) is 0 Å². The van der Waals surface area contributed by atoms with Crippen LogP contribution in [-0.2, 0) is 4.79 Å². The maximum Gasteiger partial charge on any atom is 0.220 e. The molecule has 0 aliphatic rings. The maximum absolute atomic E-state index is 12.1. The molecule has 2 aromatic heterocycles. The molecule has 1 N–H and O–H groups in total. The van der Waals surface area contributed by atoms with Crippen molar-refractivity contribution >= 4 is 34.4 Å². The Labute approximate surface area is 157 Å². The Balaban J connectivity index is 1.77. The summed E-state index contributed by atoms with van der Waals surface area (Å²) in [6.45, 7) is 6.79. The molecule has 0 aromatic carbocycles. The second-order valence-electron chi connectivity index (χ2n) is 5.81. The first-order valence-corrected chi connectivity index (χ1v) is 10.5. The minimum Gasteiger partial charge on any atom is -0.354 e. The van der Waals surface area contributed by atoms with E-state index in [4.69, 9.17) is 0 Å². The molecule has 2 aromatic rings. The summed E-state index contributed by atoms with van der Waals surface area (Å²) in [4.78, 5) is 28.5. The molecule has 0 bridgehead atoms. The Morgan fingerprint density at radius 3 is 2.40 bits per heavy atom. The summed E-state index contributed by atoms with van der Waals surface area (Å²) in [6.07, 6.45) is 1.42. The van der Waals surface area contributed by atoms with Gasteiger partial charge in [-0.05, 0) is 42.4 Å². The molecule has 2 heterocycles. The van der Waals surface area contributed by atoms with E-state index in [0.29, 0.717) is 25.8 Å². The van der Waals surface area contributed by atoms with Gasteiger partial charge in [0.15, 0.2) is 5.78 Å². The van der Waals surface area contributed by atoms with Gasteiger partial charge in [-0.1, -0.05) is 26.0 Å². The lowest BCUT2D eigenvalue weighted by molar-refractivity contribution is -0.121. The monoisotopic (exact) mass is 378 g/mol. The van der Waals surface area contributed by atoms with Crippen LogP contribution in [0.1, 0.15) is 53.7 Å². The van der Waals surface area contributed by atoms with Gasteiger partial charge in [0.1, 0.15) is 0 Å². The van der Waals surface area contributed by atoms with Gasteiger partial charge in [-0.3, -0.25) is 14.5 Å². The van der Waals surface area contributed by atoms with Gasteiger partial charge in [-0.2, -0.15) is 0 Å². The van der Waals surface area contributed by atoms with Gasteiger partial charge in [0.25, 0.3) is 0 Å². The van der Waals surface area contributed by atoms with E-state index in [-0.39, 0.29) is 17.7 Å². The van der Waals surface area contributed by atoms with Crippen LogP contribution in [0, 0.1) is 0 Å². The van der Waals surface area contributed by atoms with Gasteiger partial charge < -0.3 is 5.32 Å². The number of ketones is 1. The summed E-state index contributed by atoms with van der Waals surface area (Å²) in [5, 5.41) is 7.02. The van der Waals surface area contributed by atoms with Gasteiger partial charge in [-0.25, -0.2) is 0 Å². The number of hydrogen-bond donors (Lipinski definition) is 1. The molecule has 4 nitrogen and oxygen atoms in total. The molecule has 0 radical (unpaired) electrons. The van der Waals surface area contributed by atoms with E-state index in [1.165, 1.54) is 16.2 Å². The Morgan fingerprint density at radius 2 is 1.80 bits per heavy atom. The van der Waals surface area contributed by atoms with Crippen LogP contribution >= 0.6 is 22.7 Å². The Bertz CT molecular complexity index is 634. The van der Waals surface area contributed by atoms with Gasteiger partial charge in [-0.15, -0.1) is 22.7 Å². The summed E-state index contributed by atoms with van der Waals surface area (Å²) in [5.74, 6) is 0.148. The minimum atomic E-state index is 0.0210. The summed E-state index contributed by atoms with van der Waals surface area (Å²) in [5.41, 5.74) is 0. The fourth-order valence-electron chi connectivity index (χ4n) is 2.82. The number of rotatable bonds is 11. The number of hydrogen-bond acceptors (Lipinski definition) is 5. The zero-order valence-corrected chi connectivity index (χ0v) is 16.5. The smallest absolute Gasteiger partial charge is 0.220 e. The van der Waals surface area contributed by atoms with Crippen LogP contribution in [0.4, 0.5) is 0 Å². The highest BCUT2D eigenvalue weighted by Gasteiger charge is 2.19. The van der Waals surface area contributed by atoms with Gasteiger partial charge in [0, 0.05) is 24.3 Å². The molecule has 0 spiro atoms. The van der Waals surface area contributed by atoms with Crippen LogP contribution in [0.2, 0.25) is 0 Å². The summed E-state index contributed by atoms with van der Waals surface area (Å²) in [6, 6.07) is 8.10. The number of carbonyl (C=O) groups excluding carboxylic acids is 2. The number of Topliss-reactive ketones (excluding diaryl/α,β-unsaturated/α-hetero) is 1. The average Bonchev–Trinajstić information content (AvgIpc) is 3.32. The van der Waals surface area contributed by atoms with Crippen molar-refractivity contribution in [1.82, 2.24) is 10.2 Å². The van der Waals surface area contributed by atoms with Gasteiger partial charge in [0.2, 0.25) is 5.91 Å². The number of amides is 1. The van der Waals surface area contributed by atoms with E-state index < -0.39 is 0 Å². The molecule has 25 heavy (non-hydrogen) atoms. The largest absolute Gasteiger partial charge is 0.354 e. The molecule has 0 aliphatic heterocycles. The topological polar surface area (TPSA) is 49.4 Å². The fourth-order valence-corrected chi connectivity index (χ4v) is 4.38. The summed E-state index contributed by atoms with van der Waals surface area (Å²) < 4.78 is 0. The van der Waals surface area contributed by atoms with Crippen molar-refractivity contribution < 1.29 is 9.59 Å². The minimum absolute atomic E-state index is 0.0210. The second-order valence-corrected chi connectivity index (χ2v) is 7.74. The Hall–Kier alpha value is -1.50. The van der Waals surface area contributed by atoms with Crippen LogP contribution in [-0.4, -0.2) is 36.2 Å². The molecule has 6 heteroatoms. The van der Waals surface area contributed by atoms with Crippen LogP contribution in [0.25, 0.3) is 0 Å². The molecular weight excluding hydrogens is 352 g/mol. The van der Waals surface area contributed by atoms with E-state index >= 15 is 0 Å². The number of nitrogens with one attached hydrogen (secondary N) is 1. The lowest BCUT2D eigenvalue weighted by Crippen LogP contribution is -2.37. The van der Waals surface area contributed by atoms with Crippen LogP contribution in [0.3, 0.4) is 0 Å². The maximum atomic E-state index is 12.1. The summed E-state index contributed by atoms with van der Waals surface area (Å²) in [7, 11) is 0. The second kappa shape index (κ2) is 10.5. The number of nitrogens with zero attached hydrogens (tertiary/aromatic N) is 1. The van der Waals surface area contributed by atoms with Crippen molar-refractivity contribution in [3.63, 3.8) is 0 Å². The highest BCUT2D eigenvalue weighted by molar-refractivity contribution is 7.12. The van der Waals surface area contributed by atoms with E-state index in [1.807, 2.05) is 17.5 Å². The summed E-state index contributed by atoms with van der Waals surface area (Å²) >= 11 is 3.18. The molecule has 0 saturated heterocycles. The van der Waals surface area contributed by atoms with Gasteiger partial charge in [0.05, 0.1) is 10.9 Å². The quantitative estimate of drug-likeness (QED) is 0.591. The lowest BCUT2D eigenvalue weighted by atomic mass is 10.1. The normalized spacial score (nSPS) is 12.3. The zero-order valence-electron chi connectivity index (χ0n) is 14.9. The third-order valence-electron chi connectivity index (χ3n) is 4.22. The van der Waals surface area contributed by atoms with Crippen molar-refractivity contribution in [3.05, 3.63) is 44.8 Å². The Kier molecular flexibility index (Phi) is 8.31. The van der Waals surface area contributed by atoms with E-state index in [9.17, 15) is 9.59 Å². The average molecular weight is 379 g/mol. The number of carbonyl (C=O) groups is 2.